The van der Waals surface area contributed by atoms with E-state index in [0.29, 0.717) is 5.92 Å². The predicted octanol–water partition coefficient (Wildman–Crippen LogP) is 1.72. The Labute approximate surface area is 115 Å². The average molecular weight is 261 g/mol. The number of aryl methyl sites for hydroxylation is 1. The zero-order valence-electron chi connectivity index (χ0n) is 12.0. The molecule has 0 saturated carbocycles. The van der Waals surface area contributed by atoms with Gasteiger partial charge in [-0.05, 0) is 56.6 Å². The molecule has 1 saturated heterocycles. The zero-order chi connectivity index (χ0) is 13.8. The predicted molar refractivity (Wildman–Crippen MR) is 78.7 cm³/mol. The van der Waals surface area contributed by atoms with Crippen LogP contribution in [-0.2, 0) is 0 Å². The average Bonchev–Trinajstić information content (AvgIpc) is 2.81. The molecule has 0 bridgehead atoms. The van der Waals surface area contributed by atoms with E-state index < -0.39 is 0 Å². The van der Waals surface area contributed by atoms with Crippen molar-refractivity contribution in [3.8, 4) is 0 Å². The van der Waals surface area contributed by atoms with Gasteiger partial charge in [0.1, 0.15) is 0 Å². The van der Waals surface area contributed by atoms with Gasteiger partial charge in [0.25, 0.3) is 5.91 Å². The van der Waals surface area contributed by atoms with Crippen LogP contribution in [-0.4, -0.2) is 44.5 Å². The van der Waals surface area contributed by atoms with Crippen molar-refractivity contribution in [2.45, 2.75) is 13.3 Å². The van der Waals surface area contributed by atoms with Crippen LogP contribution < -0.4 is 10.6 Å². The van der Waals surface area contributed by atoms with E-state index in [1.54, 1.807) is 0 Å². The summed E-state index contributed by atoms with van der Waals surface area (Å²) >= 11 is 0. The summed E-state index contributed by atoms with van der Waals surface area (Å²) in [6.45, 7) is 4.96. The largest absolute Gasteiger partial charge is 0.388 e. The monoisotopic (exact) mass is 261 g/mol. The molecule has 0 radical (unpaired) electrons. The maximum Gasteiger partial charge on any atom is 0.251 e. The van der Waals surface area contributed by atoms with Gasteiger partial charge in [-0.25, -0.2) is 0 Å². The molecule has 0 aromatic heterocycles. The lowest BCUT2D eigenvalue weighted by molar-refractivity contribution is 0.0947. The number of carbonyl (C=O) groups excluding carboxylic acids is 1. The number of nitrogens with one attached hydrogen (secondary N) is 2. The first-order valence-corrected chi connectivity index (χ1v) is 6.85. The van der Waals surface area contributed by atoms with E-state index in [2.05, 4.69) is 22.6 Å². The molecule has 1 amide bonds. The van der Waals surface area contributed by atoms with Crippen LogP contribution in [0.25, 0.3) is 0 Å². The Morgan fingerprint density at radius 2 is 2.26 bits per heavy atom. The van der Waals surface area contributed by atoms with Crippen molar-refractivity contribution >= 4 is 11.6 Å². The molecule has 1 fully saturated rings. The van der Waals surface area contributed by atoms with Gasteiger partial charge in [-0.1, -0.05) is 0 Å². The van der Waals surface area contributed by atoms with Crippen LogP contribution in [0.3, 0.4) is 0 Å². The SMILES string of the molecule is CNc1ccc(C(=O)NCC2CCN(C)C2)c(C)c1. The Balaban J connectivity index is 1.92. The molecule has 2 N–H and O–H groups in total. The minimum atomic E-state index is 0.0368. The molecule has 1 heterocycles. The van der Waals surface area contributed by atoms with E-state index in [4.69, 9.17) is 0 Å². The molecule has 0 aliphatic carbocycles. The van der Waals surface area contributed by atoms with Crippen LogP contribution in [0.2, 0.25) is 0 Å². The number of rotatable bonds is 4. The maximum absolute atomic E-state index is 12.2. The van der Waals surface area contributed by atoms with Gasteiger partial charge in [0.2, 0.25) is 0 Å². The Bertz CT molecular complexity index is 459. The Morgan fingerprint density at radius 1 is 1.47 bits per heavy atom. The van der Waals surface area contributed by atoms with Crippen LogP contribution in [0.5, 0.6) is 0 Å². The van der Waals surface area contributed by atoms with Gasteiger partial charge in [0.05, 0.1) is 0 Å². The summed E-state index contributed by atoms with van der Waals surface area (Å²) in [6.07, 6.45) is 1.18. The highest BCUT2D eigenvalue weighted by Gasteiger charge is 2.20. The number of anilines is 1. The highest BCUT2D eigenvalue weighted by atomic mass is 16.1. The highest BCUT2D eigenvalue weighted by Crippen LogP contribution is 2.16. The number of benzene rings is 1. The third-order valence-corrected chi connectivity index (χ3v) is 3.80. The normalized spacial score (nSPS) is 19.4. The Hall–Kier alpha value is -1.55. The Morgan fingerprint density at radius 3 is 2.84 bits per heavy atom. The molecule has 1 atom stereocenters. The number of hydrogen-bond donors (Lipinski definition) is 2. The summed E-state index contributed by atoms with van der Waals surface area (Å²) in [6, 6.07) is 5.82. The number of carbonyl (C=O) groups is 1. The first kappa shape index (κ1) is 13.9. The smallest absolute Gasteiger partial charge is 0.251 e. The van der Waals surface area contributed by atoms with Gasteiger partial charge in [-0.2, -0.15) is 0 Å². The van der Waals surface area contributed by atoms with Crippen LogP contribution in [0.4, 0.5) is 5.69 Å². The quantitative estimate of drug-likeness (QED) is 0.867. The van der Waals surface area contributed by atoms with Crippen LogP contribution in [0.15, 0.2) is 18.2 Å². The van der Waals surface area contributed by atoms with Crippen LogP contribution in [0.1, 0.15) is 22.3 Å². The molecule has 4 nitrogen and oxygen atoms in total. The van der Waals surface area contributed by atoms with Crippen molar-refractivity contribution in [1.82, 2.24) is 10.2 Å². The molecular weight excluding hydrogens is 238 g/mol. The van der Waals surface area contributed by atoms with Crippen molar-refractivity contribution in [2.75, 3.05) is 39.0 Å². The topological polar surface area (TPSA) is 44.4 Å². The van der Waals surface area contributed by atoms with Gasteiger partial charge < -0.3 is 15.5 Å². The van der Waals surface area contributed by atoms with E-state index in [-0.39, 0.29) is 5.91 Å². The van der Waals surface area contributed by atoms with Gasteiger partial charge in [0, 0.05) is 31.4 Å². The molecule has 104 valence electrons. The van der Waals surface area contributed by atoms with E-state index in [9.17, 15) is 4.79 Å². The van der Waals surface area contributed by atoms with E-state index in [1.165, 1.54) is 6.42 Å². The van der Waals surface area contributed by atoms with Crippen molar-refractivity contribution in [1.29, 1.82) is 0 Å². The molecule has 1 aliphatic rings. The summed E-state index contributed by atoms with van der Waals surface area (Å²) in [4.78, 5) is 14.5. The molecular formula is C15H23N3O. The fraction of sp³-hybridized carbons (Fsp3) is 0.533. The highest BCUT2D eigenvalue weighted by molar-refractivity contribution is 5.96. The van der Waals surface area contributed by atoms with E-state index in [1.807, 2.05) is 32.2 Å². The molecule has 1 aromatic rings. The third kappa shape index (κ3) is 3.47. The lowest BCUT2D eigenvalue weighted by Crippen LogP contribution is -2.30. The third-order valence-electron chi connectivity index (χ3n) is 3.80. The number of nitrogens with zero attached hydrogens (tertiary/aromatic N) is 1. The maximum atomic E-state index is 12.2. The van der Waals surface area contributed by atoms with Gasteiger partial charge >= 0.3 is 0 Å². The van der Waals surface area contributed by atoms with Crippen molar-refractivity contribution < 1.29 is 4.79 Å². The second-order valence-corrected chi connectivity index (χ2v) is 5.41. The molecule has 1 unspecified atom stereocenters. The van der Waals surface area contributed by atoms with Gasteiger partial charge in [-0.15, -0.1) is 0 Å². The van der Waals surface area contributed by atoms with Crippen molar-refractivity contribution in [3.63, 3.8) is 0 Å². The van der Waals surface area contributed by atoms with Crippen LogP contribution in [0, 0.1) is 12.8 Å². The molecule has 4 heteroatoms. The lowest BCUT2D eigenvalue weighted by atomic mass is 10.1. The molecule has 1 aliphatic heterocycles. The summed E-state index contributed by atoms with van der Waals surface area (Å²) in [7, 11) is 4.01. The fourth-order valence-corrected chi connectivity index (χ4v) is 2.60. The minimum absolute atomic E-state index is 0.0368. The second kappa shape index (κ2) is 6.06. The lowest BCUT2D eigenvalue weighted by Gasteiger charge is -2.13. The Kier molecular flexibility index (Phi) is 4.43. The summed E-state index contributed by atoms with van der Waals surface area (Å²) < 4.78 is 0. The first-order chi connectivity index (χ1) is 9.10. The zero-order valence-corrected chi connectivity index (χ0v) is 12.0. The van der Waals surface area contributed by atoms with Crippen molar-refractivity contribution in [2.24, 2.45) is 5.92 Å². The molecule has 1 aromatic carbocycles. The second-order valence-electron chi connectivity index (χ2n) is 5.41. The standard InChI is InChI=1S/C15H23N3O/c1-11-8-13(16-2)4-5-14(11)15(19)17-9-12-6-7-18(3)10-12/h4-5,8,12,16H,6-7,9-10H2,1-3H3,(H,17,19). The molecule has 19 heavy (non-hydrogen) atoms. The number of likely N-dealkylation sites (tertiary alicyclic amines) is 1. The number of amides is 1. The van der Waals surface area contributed by atoms with E-state index >= 15 is 0 Å². The van der Waals surface area contributed by atoms with Gasteiger partial charge in [-0.3, -0.25) is 4.79 Å². The summed E-state index contributed by atoms with van der Waals surface area (Å²) in [5.74, 6) is 0.626. The minimum Gasteiger partial charge on any atom is -0.388 e. The summed E-state index contributed by atoms with van der Waals surface area (Å²) in [5, 5.41) is 6.13. The fourth-order valence-electron chi connectivity index (χ4n) is 2.60. The molecule has 2 rings (SSSR count). The van der Waals surface area contributed by atoms with E-state index in [0.717, 1.165) is 36.4 Å². The van der Waals surface area contributed by atoms with Gasteiger partial charge in [0.15, 0.2) is 0 Å². The van der Waals surface area contributed by atoms with Crippen LogP contribution >= 0.6 is 0 Å². The summed E-state index contributed by atoms with van der Waals surface area (Å²) in [5.41, 5.74) is 2.81. The molecule has 0 spiro atoms. The first-order valence-electron chi connectivity index (χ1n) is 6.85. The van der Waals surface area contributed by atoms with Crippen molar-refractivity contribution in [3.05, 3.63) is 29.3 Å². The number of hydrogen-bond acceptors (Lipinski definition) is 3.